The highest BCUT2D eigenvalue weighted by Gasteiger charge is 2.13. The number of methoxy groups -OCH3 is 2. The van der Waals surface area contributed by atoms with Crippen LogP contribution in [-0.2, 0) is 6.42 Å². The molecule has 5 heteroatoms. The van der Waals surface area contributed by atoms with E-state index in [0.29, 0.717) is 22.1 Å². The number of hydrogen-bond acceptors (Lipinski definition) is 3. The number of Topliss-reactive ketones (excluding diaryl/α,β-unsaturated/α-hetero) is 1. The van der Waals surface area contributed by atoms with Crippen molar-refractivity contribution < 1.29 is 18.7 Å². The number of halogens is 2. The van der Waals surface area contributed by atoms with E-state index in [4.69, 9.17) is 21.1 Å². The van der Waals surface area contributed by atoms with Gasteiger partial charge in [-0.05, 0) is 35.9 Å². The summed E-state index contributed by atoms with van der Waals surface area (Å²) in [6, 6.07) is 8.99. The molecule has 0 fully saturated rings. The molecule has 3 nitrogen and oxygen atoms in total. The quantitative estimate of drug-likeness (QED) is 0.785. The van der Waals surface area contributed by atoms with Gasteiger partial charge in [0.25, 0.3) is 0 Å². The summed E-state index contributed by atoms with van der Waals surface area (Å²) in [4.78, 5) is 12.3. The van der Waals surface area contributed by atoms with Gasteiger partial charge in [-0.2, -0.15) is 0 Å². The van der Waals surface area contributed by atoms with Crippen LogP contribution in [0.5, 0.6) is 11.5 Å². The standard InChI is InChI=1S/C16H14ClFO3/c1-20-13-6-11(7-14(9-13)21-2)16(19)8-10-5-12(17)3-4-15(10)18/h3-7,9H,8H2,1-2H3. The van der Waals surface area contributed by atoms with Gasteiger partial charge >= 0.3 is 0 Å². The lowest BCUT2D eigenvalue weighted by Gasteiger charge is -2.08. The third kappa shape index (κ3) is 3.73. The van der Waals surface area contributed by atoms with Crippen molar-refractivity contribution in [2.45, 2.75) is 6.42 Å². The Labute approximate surface area is 127 Å². The monoisotopic (exact) mass is 308 g/mol. The smallest absolute Gasteiger partial charge is 0.167 e. The molecule has 0 unspecified atom stereocenters. The molecule has 21 heavy (non-hydrogen) atoms. The minimum Gasteiger partial charge on any atom is -0.497 e. The Morgan fingerprint density at radius 1 is 1.10 bits per heavy atom. The molecule has 0 N–H and O–H groups in total. The van der Waals surface area contributed by atoms with E-state index >= 15 is 0 Å². The zero-order chi connectivity index (χ0) is 15.4. The molecule has 0 spiro atoms. The van der Waals surface area contributed by atoms with Gasteiger partial charge in [0.15, 0.2) is 5.78 Å². The fourth-order valence-electron chi connectivity index (χ4n) is 1.92. The third-order valence-corrected chi connectivity index (χ3v) is 3.27. The van der Waals surface area contributed by atoms with Crippen LogP contribution in [0.4, 0.5) is 4.39 Å². The summed E-state index contributed by atoms with van der Waals surface area (Å²) in [6.07, 6.45) is -0.0806. The van der Waals surface area contributed by atoms with Crippen molar-refractivity contribution in [1.29, 1.82) is 0 Å². The maximum Gasteiger partial charge on any atom is 0.167 e. The number of hydrogen-bond donors (Lipinski definition) is 0. The van der Waals surface area contributed by atoms with E-state index in [1.54, 1.807) is 18.2 Å². The maximum absolute atomic E-state index is 13.7. The van der Waals surface area contributed by atoms with Crippen LogP contribution in [0.15, 0.2) is 36.4 Å². The molecule has 0 aliphatic rings. The summed E-state index contributed by atoms with van der Waals surface area (Å²) in [5.74, 6) is 0.310. The Kier molecular flexibility index (Phi) is 4.81. The second kappa shape index (κ2) is 6.59. The molecule has 2 aromatic carbocycles. The summed E-state index contributed by atoms with van der Waals surface area (Å²) < 4.78 is 23.9. The minimum absolute atomic E-state index is 0.0806. The SMILES string of the molecule is COc1cc(OC)cc(C(=O)Cc2cc(Cl)ccc2F)c1. The summed E-state index contributed by atoms with van der Waals surface area (Å²) >= 11 is 5.82. The molecule has 0 aliphatic carbocycles. The van der Waals surface area contributed by atoms with Crippen LogP contribution in [-0.4, -0.2) is 20.0 Å². The fraction of sp³-hybridized carbons (Fsp3) is 0.188. The summed E-state index contributed by atoms with van der Waals surface area (Å²) in [5.41, 5.74) is 0.653. The normalized spacial score (nSPS) is 10.3. The molecule has 0 aromatic heterocycles. The molecule has 0 heterocycles. The predicted octanol–water partition coefficient (Wildman–Crippen LogP) is 3.92. The van der Waals surface area contributed by atoms with E-state index in [1.165, 1.54) is 32.4 Å². The molecule has 2 aromatic rings. The average molecular weight is 309 g/mol. The molecule has 0 bridgehead atoms. The molecule has 110 valence electrons. The molecule has 2 rings (SSSR count). The Hall–Kier alpha value is -2.07. The molecular weight excluding hydrogens is 295 g/mol. The molecule has 0 amide bonds. The number of benzene rings is 2. The second-order valence-electron chi connectivity index (χ2n) is 4.44. The number of rotatable bonds is 5. The second-order valence-corrected chi connectivity index (χ2v) is 4.87. The lowest BCUT2D eigenvalue weighted by Crippen LogP contribution is -2.06. The molecule has 0 radical (unpaired) electrons. The van der Waals surface area contributed by atoms with Crippen molar-refractivity contribution in [1.82, 2.24) is 0 Å². The molecule has 0 saturated heterocycles. The van der Waals surface area contributed by atoms with Crippen molar-refractivity contribution in [3.8, 4) is 11.5 Å². The van der Waals surface area contributed by atoms with Crippen molar-refractivity contribution in [3.05, 3.63) is 58.4 Å². The van der Waals surface area contributed by atoms with Gasteiger partial charge in [-0.3, -0.25) is 4.79 Å². The minimum atomic E-state index is -0.456. The van der Waals surface area contributed by atoms with Gasteiger partial charge in [-0.25, -0.2) is 4.39 Å². The molecule has 0 aliphatic heterocycles. The first-order valence-corrected chi connectivity index (χ1v) is 6.61. The van der Waals surface area contributed by atoms with Gasteiger partial charge in [0, 0.05) is 23.1 Å². The van der Waals surface area contributed by atoms with Crippen LogP contribution in [0.3, 0.4) is 0 Å². The van der Waals surface area contributed by atoms with E-state index in [0.717, 1.165) is 0 Å². The van der Waals surface area contributed by atoms with Crippen molar-refractivity contribution in [3.63, 3.8) is 0 Å². The summed E-state index contributed by atoms with van der Waals surface area (Å²) in [7, 11) is 3.00. The van der Waals surface area contributed by atoms with Crippen molar-refractivity contribution in [2.24, 2.45) is 0 Å². The van der Waals surface area contributed by atoms with E-state index in [-0.39, 0.29) is 17.8 Å². The Morgan fingerprint density at radius 2 is 1.71 bits per heavy atom. The molecule has 0 saturated carbocycles. The first-order valence-electron chi connectivity index (χ1n) is 6.23. The lowest BCUT2D eigenvalue weighted by molar-refractivity contribution is 0.0991. The van der Waals surface area contributed by atoms with Gasteiger partial charge in [0.1, 0.15) is 17.3 Å². The number of ether oxygens (including phenoxy) is 2. The van der Waals surface area contributed by atoms with Crippen LogP contribution in [0.1, 0.15) is 15.9 Å². The van der Waals surface area contributed by atoms with Crippen LogP contribution >= 0.6 is 11.6 Å². The van der Waals surface area contributed by atoms with Gasteiger partial charge in [-0.1, -0.05) is 11.6 Å². The highest BCUT2D eigenvalue weighted by Crippen LogP contribution is 2.24. The molecular formula is C16H14ClFO3. The Bertz CT molecular complexity index is 648. The largest absolute Gasteiger partial charge is 0.497 e. The third-order valence-electron chi connectivity index (χ3n) is 3.03. The van der Waals surface area contributed by atoms with Gasteiger partial charge in [0.05, 0.1) is 14.2 Å². The first kappa shape index (κ1) is 15.3. The Balaban J connectivity index is 2.29. The fourth-order valence-corrected chi connectivity index (χ4v) is 2.12. The van der Waals surface area contributed by atoms with Crippen molar-refractivity contribution in [2.75, 3.05) is 14.2 Å². The van der Waals surface area contributed by atoms with Crippen LogP contribution < -0.4 is 9.47 Å². The summed E-state index contributed by atoms with van der Waals surface area (Å²) in [6.45, 7) is 0. The van der Waals surface area contributed by atoms with Crippen LogP contribution in [0, 0.1) is 5.82 Å². The van der Waals surface area contributed by atoms with Gasteiger partial charge in [0.2, 0.25) is 0 Å². The van der Waals surface area contributed by atoms with Gasteiger partial charge < -0.3 is 9.47 Å². The highest BCUT2D eigenvalue weighted by atomic mass is 35.5. The van der Waals surface area contributed by atoms with Crippen molar-refractivity contribution >= 4 is 17.4 Å². The Morgan fingerprint density at radius 3 is 2.29 bits per heavy atom. The number of ketones is 1. The topological polar surface area (TPSA) is 35.5 Å². The van der Waals surface area contributed by atoms with E-state index in [2.05, 4.69) is 0 Å². The zero-order valence-corrected chi connectivity index (χ0v) is 12.4. The number of carbonyl (C=O) groups excluding carboxylic acids is 1. The van der Waals surface area contributed by atoms with E-state index < -0.39 is 5.82 Å². The maximum atomic E-state index is 13.7. The van der Waals surface area contributed by atoms with E-state index in [9.17, 15) is 9.18 Å². The predicted molar refractivity (Wildman–Crippen MR) is 79.0 cm³/mol. The summed E-state index contributed by atoms with van der Waals surface area (Å²) in [5, 5.41) is 0.391. The van der Waals surface area contributed by atoms with Crippen LogP contribution in [0.2, 0.25) is 5.02 Å². The number of carbonyl (C=O) groups is 1. The zero-order valence-electron chi connectivity index (χ0n) is 11.7. The van der Waals surface area contributed by atoms with E-state index in [1.807, 2.05) is 0 Å². The van der Waals surface area contributed by atoms with Gasteiger partial charge in [-0.15, -0.1) is 0 Å². The highest BCUT2D eigenvalue weighted by molar-refractivity contribution is 6.30. The molecule has 0 atom stereocenters. The average Bonchev–Trinajstić information content (AvgIpc) is 2.50. The first-order chi connectivity index (χ1) is 10.0. The van der Waals surface area contributed by atoms with Crippen LogP contribution in [0.25, 0.3) is 0 Å². The lowest BCUT2D eigenvalue weighted by atomic mass is 10.0.